The first kappa shape index (κ1) is 22.8. The summed E-state index contributed by atoms with van der Waals surface area (Å²) in [6.07, 6.45) is 4.33. The molecule has 1 amide bonds. The quantitative estimate of drug-likeness (QED) is 0.381. The lowest BCUT2D eigenvalue weighted by molar-refractivity contribution is -0.111. The van der Waals surface area contributed by atoms with Crippen molar-refractivity contribution in [2.24, 2.45) is 0 Å². The molecule has 0 spiro atoms. The summed E-state index contributed by atoms with van der Waals surface area (Å²) in [7, 11) is 4.18. The monoisotopic (exact) mass is 470 g/mol. The summed E-state index contributed by atoms with van der Waals surface area (Å²) in [5.41, 5.74) is 4.89. The van der Waals surface area contributed by atoms with Crippen LogP contribution >= 0.6 is 0 Å². The van der Waals surface area contributed by atoms with Crippen LogP contribution in [-0.4, -0.2) is 49.0 Å². The molecule has 7 heteroatoms. The average molecular weight is 471 g/mol. The van der Waals surface area contributed by atoms with Gasteiger partial charge in [-0.05, 0) is 73.6 Å². The highest BCUT2D eigenvalue weighted by atomic mass is 19.1. The number of fused-ring (bicyclic) bond motifs is 1. The number of likely N-dealkylation sites (N-methyl/N-ethyl adjacent to an activating group) is 1. The molecule has 0 bridgehead atoms. The van der Waals surface area contributed by atoms with E-state index in [9.17, 15) is 9.18 Å². The third-order valence-corrected chi connectivity index (χ3v) is 6.32. The molecular weight excluding hydrogens is 443 g/mol. The third-order valence-electron chi connectivity index (χ3n) is 6.32. The van der Waals surface area contributed by atoms with Crippen molar-refractivity contribution in [1.82, 2.24) is 9.88 Å². The van der Waals surface area contributed by atoms with Gasteiger partial charge in [0, 0.05) is 30.9 Å². The van der Waals surface area contributed by atoms with Crippen LogP contribution in [0.5, 0.6) is 0 Å². The van der Waals surface area contributed by atoms with Crippen LogP contribution < -0.4 is 10.2 Å². The second kappa shape index (κ2) is 9.72. The summed E-state index contributed by atoms with van der Waals surface area (Å²) >= 11 is 0. The minimum atomic E-state index is -0.257. The molecule has 1 fully saturated rings. The topological polar surface area (TPSA) is 61.6 Å². The number of rotatable bonds is 6. The number of aromatic nitrogens is 1. The lowest BCUT2D eigenvalue weighted by Gasteiger charge is -2.19. The van der Waals surface area contributed by atoms with E-state index in [1.54, 1.807) is 18.2 Å². The van der Waals surface area contributed by atoms with Crippen molar-refractivity contribution in [1.29, 1.82) is 0 Å². The van der Waals surface area contributed by atoms with Gasteiger partial charge in [0.1, 0.15) is 11.3 Å². The average Bonchev–Trinajstić information content (AvgIpc) is 3.51. The number of hydrogen-bond donors (Lipinski definition) is 1. The Morgan fingerprint density at radius 2 is 1.80 bits per heavy atom. The Hall–Kier alpha value is -3.97. The highest BCUT2D eigenvalue weighted by Gasteiger charge is 2.27. The first-order chi connectivity index (χ1) is 16.9. The number of oxazole rings is 1. The Morgan fingerprint density at radius 1 is 1.09 bits per heavy atom. The maximum atomic E-state index is 13.1. The predicted molar refractivity (Wildman–Crippen MR) is 138 cm³/mol. The number of carbonyl (C=O) groups is 1. The number of hydrogen-bond acceptors (Lipinski definition) is 5. The fourth-order valence-corrected chi connectivity index (χ4v) is 4.25. The number of amides is 1. The summed E-state index contributed by atoms with van der Waals surface area (Å²) in [4.78, 5) is 21.5. The molecule has 0 saturated carbocycles. The molecule has 5 rings (SSSR count). The molecular formula is C28H27FN4O2. The highest BCUT2D eigenvalue weighted by molar-refractivity contribution is 6.02. The van der Waals surface area contributed by atoms with Gasteiger partial charge >= 0.3 is 0 Å². The van der Waals surface area contributed by atoms with E-state index in [0.717, 1.165) is 36.2 Å². The number of benzene rings is 3. The highest BCUT2D eigenvalue weighted by Crippen LogP contribution is 2.28. The van der Waals surface area contributed by atoms with Gasteiger partial charge in [0.15, 0.2) is 5.58 Å². The molecule has 1 N–H and O–H groups in total. The van der Waals surface area contributed by atoms with E-state index in [2.05, 4.69) is 34.2 Å². The molecule has 1 aliphatic rings. The van der Waals surface area contributed by atoms with Crippen molar-refractivity contribution in [2.45, 2.75) is 12.5 Å². The molecule has 6 nitrogen and oxygen atoms in total. The molecule has 3 aromatic carbocycles. The van der Waals surface area contributed by atoms with E-state index >= 15 is 0 Å². The fraction of sp³-hybridized carbons (Fsp3) is 0.214. The summed E-state index contributed by atoms with van der Waals surface area (Å²) in [6.45, 7) is 1.80. The minimum Gasteiger partial charge on any atom is -0.423 e. The van der Waals surface area contributed by atoms with E-state index in [4.69, 9.17) is 4.42 Å². The molecule has 0 radical (unpaired) electrons. The van der Waals surface area contributed by atoms with Crippen LogP contribution in [0.25, 0.3) is 28.3 Å². The van der Waals surface area contributed by atoms with E-state index in [-0.39, 0.29) is 11.7 Å². The van der Waals surface area contributed by atoms with E-state index in [1.165, 1.54) is 18.2 Å². The van der Waals surface area contributed by atoms with Crippen molar-refractivity contribution < 1.29 is 13.6 Å². The van der Waals surface area contributed by atoms with E-state index in [0.29, 0.717) is 28.8 Å². The minimum absolute atomic E-state index is 0.232. The molecule has 0 aliphatic carbocycles. The molecule has 1 atom stereocenters. The zero-order chi connectivity index (χ0) is 24.4. The van der Waals surface area contributed by atoms with Gasteiger partial charge in [-0.2, -0.15) is 4.98 Å². The van der Waals surface area contributed by atoms with Gasteiger partial charge in [0.05, 0.1) is 0 Å². The standard InChI is InChI=1S/C28H27FN4O2/c1-32(2)24-15-16-33(18-24)28-31-25-17-23(12-13-26(25)35-28)30-27(34)14-5-19-3-6-20(7-4-19)21-8-10-22(29)11-9-21/h3-14,17,24H,15-16,18H2,1-2H3,(H,30,34)/t24-/m1/s1. The van der Waals surface area contributed by atoms with Crippen LogP contribution in [0, 0.1) is 5.82 Å². The summed E-state index contributed by atoms with van der Waals surface area (Å²) < 4.78 is 19.1. The van der Waals surface area contributed by atoms with Crippen LogP contribution in [0.4, 0.5) is 16.1 Å². The Balaban J connectivity index is 1.22. The molecule has 178 valence electrons. The zero-order valence-corrected chi connectivity index (χ0v) is 19.7. The second-order valence-electron chi connectivity index (χ2n) is 8.98. The number of nitrogens with zero attached hydrogens (tertiary/aromatic N) is 3. The van der Waals surface area contributed by atoms with Crippen molar-refractivity contribution in [3.8, 4) is 11.1 Å². The van der Waals surface area contributed by atoms with Crippen LogP contribution in [0.3, 0.4) is 0 Å². The zero-order valence-electron chi connectivity index (χ0n) is 19.7. The summed E-state index contributed by atoms with van der Waals surface area (Å²) in [6, 6.07) is 20.7. The number of halogens is 1. The lowest BCUT2D eigenvalue weighted by Crippen LogP contribution is -2.31. The molecule has 2 heterocycles. The normalized spacial score (nSPS) is 16.0. The molecule has 1 saturated heterocycles. The van der Waals surface area contributed by atoms with Gasteiger partial charge in [0.2, 0.25) is 5.91 Å². The molecule has 1 aromatic heterocycles. The maximum Gasteiger partial charge on any atom is 0.298 e. The van der Waals surface area contributed by atoms with Crippen LogP contribution in [-0.2, 0) is 4.79 Å². The van der Waals surface area contributed by atoms with Gasteiger partial charge in [-0.25, -0.2) is 4.39 Å². The van der Waals surface area contributed by atoms with Crippen LogP contribution in [0.1, 0.15) is 12.0 Å². The summed E-state index contributed by atoms with van der Waals surface area (Å²) in [5.74, 6) is -0.490. The van der Waals surface area contributed by atoms with Gasteiger partial charge in [0.25, 0.3) is 6.01 Å². The first-order valence-corrected chi connectivity index (χ1v) is 11.6. The van der Waals surface area contributed by atoms with Crippen molar-refractivity contribution >= 4 is 34.8 Å². The number of anilines is 2. The second-order valence-corrected chi connectivity index (χ2v) is 8.98. The predicted octanol–water partition coefficient (Wildman–Crippen LogP) is 5.43. The third kappa shape index (κ3) is 5.25. The largest absolute Gasteiger partial charge is 0.423 e. The Kier molecular flexibility index (Phi) is 6.33. The summed E-state index contributed by atoms with van der Waals surface area (Å²) in [5, 5.41) is 2.88. The van der Waals surface area contributed by atoms with Gasteiger partial charge in [-0.15, -0.1) is 0 Å². The Morgan fingerprint density at radius 3 is 2.49 bits per heavy atom. The first-order valence-electron chi connectivity index (χ1n) is 11.6. The van der Waals surface area contributed by atoms with Crippen molar-refractivity contribution in [3.63, 3.8) is 0 Å². The van der Waals surface area contributed by atoms with Crippen molar-refractivity contribution in [2.75, 3.05) is 37.4 Å². The van der Waals surface area contributed by atoms with Gasteiger partial charge in [-0.1, -0.05) is 36.4 Å². The molecule has 1 aliphatic heterocycles. The lowest BCUT2D eigenvalue weighted by atomic mass is 10.0. The Bertz CT molecular complexity index is 1360. The maximum absolute atomic E-state index is 13.1. The van der Waals surface area contributed by atoms with Gasteiger partial charge < -0.3 is 19.5 Å². The van der Waals surface area contributed by atoms with Crippen LogP contribution in [0.15, 0.2) is 77.2 Å². The van der Waals surface area contributed by atoms with Crippen LogP contribution in [0.2, 0.25) is 0 Å². The molecule has 0 unspecified atom stereocenters. The SMILES string of the molecule is CN(C)[C@@H]1CCN(c2nc3cc(NC(=O)C=Cc4ccc(-c5ccc(F)cc5)cc4)ccc3o2)C1. The molecule has 4 aromatic rings. The van der Waals surface area contributed by atoms with E-state index < -0.39 is 0 Å². The smallest absolute Gasteiger partial charge is 0.298 e. The number of nitrogens with one attached hydrogen (secondary N) is 1. The van der Waals surface area contributed by atoms with E-state index in [1.807, 2.05) is 42.5 Å². The Labute approximate surface area is 203 Å². The fourth-order valence-electron chi connectivity index (χ4n) is 4.25. The van der Waals surface area contributed by atoms with Crippen molar-refractivity contribution in [3.05, 3.63) is 84.2 Å². The van der Waals surface area contributed by atoms with Gasteiger partial charge in [-0.3, -0.25) is 4.79 Å². The number of carbonyl (C=O) groups excluding carboxylic acids is 1. The molecule has 35 heavy (non-hydrogen) atoms.